The first-order valence-electron chi connectivity index (χ1n) is 9.75. The number of hydrogen-bond donors (Lipinski definition) is 0. The summed E-state index contributed by atoms with van der Waals surface area (Å²) in [5, 5.41) is 0. The van der Waals surface area contributed by atoms with Gasteiger partial charge in [0.1, 0.15) is 0 Å². The Kier molecular flexibility index (Phi) is 5.89. The van der Waals surface area contributed by atoms with Crippen molar-refractivity contribution in [1.82, 2.24) is 4.90 Å². The van der Waals surface area contributed by atoms with Crippen LogP contribution >= 0.6 is 0 Å². The molecular weight excluding hydrogens is 364 g/mol. The van der Waals surface area contributed by atoms with Crippen LogP contribution < -0.4 is 4.90 Å². The maximum atomic E-state index is 13.2. The molecule has 27 heavy (non-hydrogen) atoms. The van der Waals surface area contributed by atoms with Crippen molar-refractivity contribution in [2.75, 3.05) is 29.5 Å². The van der Waals surface area contributed by atoms with Crippen LogP contribution in [0.15, 0.2) is 24.3 Å². The predicted molar refractivity (Wildman–Crippen MR) is 105 cm³/mol. The van der Waals surface area contributed by atoms with Crippen LogP contribution in [0.2, 0.25) is 0 Å². The Morgan fingerprint density at radius 1 is 1.26 bits per heavy atom. The lowest BCUT2D eigenvalue weighted by Gasteiger charge is -2.30. The fraction of sp³-hybridized carbons (Fsp3) is 0.600. The van der Waals surface area contributed by atoms with Crippen molar-refractivity contribution in [2.24, 2.45) is 5.92 Å². The van der Waals surface area contributed by atoms with Crippen LogP contribution in [0.3, 0.4) is 0 Å². The number of aryl methyl sites for hydroxylation is 1. The largest absolute Gasteiger partial charge is 0.338 e. The van der Waals surface area contributed by atoms with Gasteiger partial charge in [-0.3, -0.25) is 9.59 Å². The number of amides is 2. The van der Waals surface area contributed by atoms with Gasteiger partial charge in [0.2, 0.25) is 11.8 Å². The lowest BCUT2D eigenvalue weighted by molar-refractivity contribution is -0.137. The summed E-state index contributed by atoms with van der Waals surface area (Å²) in [6.07, 6.45) is 2.28. The van der Waals surface area contributed by atoms with Gasteiger partial charge in [0, 0.05) is 31.2 Å². The molecule has 0 spiro atoms. The number of carbonyl (C=O) groups excluding carboxylic acids is 2. The minimum atomic E-state index is -3.06. The van der Waals surface area contributed by atoms with Crippen LogP contribution in [0.5, 0.6) is 0 Å². The summed E-state index contributed by atoms with van der Waals surface area (Å²) in [7, 11) is -3.06. The van der Waals surface area contributed by atoms with Crippen molar-refractivity contribution in [3.05, 3.63) is 29.8 Å². The van der Waals surface area contributed by atoms with Gasteiger partial charge in [-0.15, -0.1) is 0 Å². The smallest absolute Gasteiger partial charge is 0.228 e. The van der Waals surface area contributed by atoms with Crippen LogP contribution in [-0.4, -0.2) is 55.8 Å². The minimum absolute atomic E-state index is 0.0373. The summed E-state index contributed by atoms with van der Waals surface area (Å²) < 4.78 is 23.7. The maximum absolute atomic E-state index is 13.2. The molecule has 2 atom stereocenters. The molecule has 2 aliphatic heterocycles. The molecule has 2 amide bonds. The van der Waals surface area contributed by atoms with Gasteiger partial charge in [-0.2, -0.15) is 0 Å². The Bertz CT molecular complexity index is 821. The second-order valence-electron chi connectivity index (χ2n) is 7.48. The summed E-state index contributed by atoms with van der Waals surface area (Å²) in [6.45, 7) is 4.93. The highest BCUT2D eigenvalue weighted by atomic mass is 32.2. The standard InChI is InChI=1S/C20H28N2O4S/c1-3-10-21(17-9-11-27(25,26)14-17)20(24)16-12-19(23)22(13-16)18-8-6-5-7-15(18)4-2/h5-8,16-17H,3-4,9-14H2,1-2H3. The minimum Gasteiger partial charge on any atom is -0.338 e. The van der Waals surface area contributed by atoms with Gasteiger partial charge in [-0.25, -0.2) is 8.42 Å². The van der Waals surface area contributed by atoms with Crippen LogP contribution in [0, 0.1) is 5.92 Å². The molecule has 3 rings (SSSR count). The Morgan fingerprint density at radius 2 is 2.00 bits per heavy atom. The number of rotatable bonds is 6. The molecule has 148 valence electrons. The van der Waals surface area contributed by atoms with Gasteiger partial charge in [0.25, 0.3) is 0 Å². The second-order valence-corrected chi connectivity index (χ2v) is 9.70. The van der Waals surface area contributed by atoms with E-state index in [0.717, 1.165) is 24.1 Å². The first kappa shape index (κ1) is 19.9. The molecular formula is C20H28N2O4S. The summed E-state index contributed by atoms with van der Waals surface area (Å²) in [4.78, 5) is 29.2. The first-order valence-corrected chi connectivity index (χ1v) is 11.6. The van der Waals surface area contributed by atoms with Crippen molar-refractivity contribution >= 4 is 27.3 Å². The van der Waals surface area contributed by atoms with E-state index in [4.69, 9.17) is 0 Å². The number of benzene rings is 1. The maximum Gasteiger partial charge on any atom is 0.228 e. The van der Waals surface area contributed by atoms with E-state index in [2.05, 4.69) is 0 Å². The van der Waals surface area contributed by atoms with Gasteiger partial charge in [-0.1, -0.05) is 32.0 Å². The van der Waals surface area contributed by atoms with Crippen LogP contribution in [-0.2, 0) is 25.8 Å². The highest BCUT2D eigenvalue weighted by Crippen LogP contribution is 2.30. The monoisotopic (exact) mass is 392 g/mol. The Morgan fingerprint density at radius 3 is 2.63 bits per heavy atom. The molecule has 7 heteroatoms. The number of hydrogen-bond acceptors (Lipinski definition) is 4. The van der Waals surface area contributed by atoms with Gasteiger partial charge < -0.3 is 9.80 Å². The molecule has 0 saturated carbocycles. The van der Waals surface area contributed by atoms with Crippen LogP contribution in [0.1, 0.15) is 38.7 Å². The summed E-state index contributed by atoms with van der Waals surface area (Å²) in [5.41, 5.74) is 1.97. The van der Waals surface area contributed by atoms with Crippen molar-refractivity contribution < 1.29 is 18.0 Å². The van der Waals surface area contributed by atoms with E-state index in [0.29, 0.717) is 19.5 Å². The number of nitrogens with zero attached hydrogens (tertiary/aromatic N) is 2. The van der Waals surface area contributed by atoms with E-state index < -0.39 is 15.8 Å². The van der Waals surface area contributed by atoms with Gasteiger partial charge in [0.15, 0.2) is 9.84 Å². The third-order valence-corrected chi connectivity index (χ3v) is 7.28. The zero-order chi connectivity index (χ0) is 19.6. The van der Waals surface area contributed by atoms with Crippen molar-refractivity contribution in [2.45, 2.75) is 45.6 Å². The topological polar surface area (TPSA) is 74.8 Å². The van der Waals surface area contributed by atoms with E-state index in [1.807, 2.05) is 38.1 Å². The second kappa shape index (κ2) is 8.00. The fourth-order valence-electron chi connectivity index (χ4n) is 4.15. The van der Waals surface area contributed by atoms with E-state index >= 15 is 0 Å². The summed E-state index contributed by atoms with van der Waals surface area (Å²) >= 11 is 0. The molecule has 2 fully saturated rings. The number of anilines is 1. The van der Waals surface area contributed by atoms with E-state index in [1.54, 1.807) is 9.80 Å². The molecule has 0 bridgehead atoms. The average Bonchev–Trinajstić information content (AvgIpc) is 3.21. The molecule has 2 saturated heterocycles. The predicted octanol–water partition coefficient (Wildman–Crippen LogP) is 2.03. The Labute approximate surface area is 161 Å². The third-order valence-electron chi connectivity index (χ3n) is 5.53. The van der Waals surface area contributed by atoms with Crippen LogP contribution in [0.25, 0.3) is 0 Å². The number of para-hydroxylation sites is 1. The molecule has 0 aliphatic carbocycles. The van der Waals surface area contributed by atoms with Crippen molar-refractivity contribution in [3.8, 4) is 0 Å². The quantitative estimate of drug-likeness (QED) is 0.742. The lowest BCUT2D eigenvalue weighted by atomic mass is 10.0. The zero-order valence-electron chi connectivity index (χ0n) is 16.1. The van der Waals surface area contributed by atoms with E-state index in [-0.39, 0.29) is 35.8 Å². The van der Waals surface area contributed by atoms with Gasteiger partial charge >= 0.3 is 0 Å². The molecule has 2 unspecified atom stereocenters. The lowest BCUT2D eigenvalue weighted by Crippen LogP contribution is -2.45. The molecule has 6 nitrogen and oxygen atoms in total. The summed E-state index contributed by atoms with van der Waals surface area (Å²) in [6, 6.07) is 7.54. The normalized spacial score (nSPS) is 24.4. The molecule has 2 heterocycles. The summed E-state index contributed by atoms with van der Waals surface area (Å²) in [5.74, 6) is -0.335. The highest BCUT2D eigenvalue weighted by molar-refractivity contribution is 7.91. The Hall–Kier alpha value is -1.89. The van der Waals surface area contributed by atoms with E-state index in [1.165, 1.54) is 0 Å². The zero-order valence-corrected chi connectivity index (χ0v) is 16.9. The third kappa shape index (κ3) is 4.18. The average molecular weight is 393 g/mol. The van der Waals surface area contributed by atoms with Gasteiger partial charge in [-0.05, 0) is 30.9 Å². The fourth-order valence-corrected chi connectivity index (χ4v) is 5.88. The number of carbonyl (C=O) groups is 2. The molecule has 0 aromatic heterocycles. The molecule has 2 aliphatic rings. The van der Waals surface area contributed by atoms with Crippen molar-refractivity contribution in [3.63, 3.8) is 0 Å². The van der Waals surface area contributed by atoms with Gasteiger partial charge in [0.05, 0.1) is 17.4 Å². The highest BCUT2D eigenvalue weighted by Gasteiger charge is 2.41. The molecule has 0 N–H and O–H groups in total. The van der Waals surface area contributed by atoms with Crippen LogP contribution in [0.4, 0.5) is 5.69 Å². The SMILES string of the molecule is CCCN(C(=O)C1CC(=O)N(c2ccccc2CC)C1)C1CCS(=O)(=O)C1. The van der Waals surface area contributed by atoms with Crippen molar-refractivity contribution in [1.29, 1.82) is 0 Å². The first-order chi connectivity index (χ1) is 12.9. The molecule has 1 aromatic rings. The van der Waals surface area contributed by atoms with E-state index in [9.17, 15) is 18.0 Å². The molecule has 1 aromatic carbocycles. The molecule has 0 radical (unpaired) electrons. The number of sulfone groups is 1. The Balaban J connectivity index is 1.77.